The standard InChI is InChI=1S/C25H46INO4/c1-22(2,3)16-23(4,5)19(24(6,7)17-25(8,9)21(29)31-26)15-30-20(28)18-11-13-27(10)14-12-18/h18-19H,11-17H2,1-10H3. The minimum absolute atomic E-state index is 0.00358. The second-order valence-corrected chi connectivity index (χ2v) is 13.3. The maximum absolute atomic E-state index is 12.9. The lowest BCUT2D eigenvalue weighted by molar-refractivity contribution is -0.157. The van der Waals surface area contributed by atoms with Gasteiger partial charge in [0, 0.05) is 5.92 Å². The van der Waals surface area contributed by atoms with E-state index in [1.54, 1.807) is 23.0 Å². The molecule has 1 aliphatic rings. The van der Waals surface area contributed by atoms with E-state index in [1.807, 2.05) is 13.8 Å². The largest absolute Gasteiger partial charge is 0.465 e. The van der Waals surface area contributed by atoms with Gasteiger partial charge in [0.15, 0.2) is 23.0 Å². The summed E-state index contributed by atoms with van der Waals surface area (Å²) in [6.45, 7) is 21.9. The Morgan fingerprint density at radius 1 is 0.935 bits per heavy atom. The molecule has 0 aliphatic carbocycles. The van der Waals surface area contributed by atoms with Crippen molar-refractivity contribution in [2.75, 3.05) is 26.7 Å². The van der Waals surface area contributed by atoms with E-state index in [0.717, 1.165) is 32.4 Å². The number of carbonyl (C=O) groups is 2. The molecule has 0 N–H and O–H groups in total. The van der Waals surface area contributed by atoms with Crippen molar-refractivity contribution in [1.82, 2.24) is 4.90 Å². The van der Waals surface area contributed by atoms with Crippen LogP contribution in [0.3, 0.4) is 0 Å². The van der Waals surface area contributed by atoms with Crippen LogP contribution in [-0.2, 0) is 17.4 Å². The van der Waals surface area contributed by atoms with Gasteiger partial charge in [-0.15, -0.1) is 0 Å². The third-order valence-corrected chi connectivity index (χ3v) is 7.24. The maximum Gasteiger partial charge on any atom is 0.320 e. The first-order valence-corrected chi connectivity index (χ1v) is 12.5. The molecule has 0 saturated carbocycles. The number of hydrogen-bond acceptors (Lipinski definition) is 5. The third-order valence-electron chi connectivity index (χ3n) is 6.84. The van der Waals surface area contributed by atoms with Gasteiger partial charge in [-0.3, -0.25) is 9.59 Å². The van der Waals surface area contributed by atoms with E-state index in [2.05, 4.69) is 60.4 Å². The fourth-order valence-corrected chi connectivity index (χ4v) is 6.56. The molecule has 1 heterocycles. The number of hydrogen-bond donors (Lipinski definition) is 0. The van der Waals surface area contributed by atoms with Crippen LogP contribution in [0.15, 0.2) is 0 Å². The van der Waals surface area contributed by atoms with Crippen LogP contribution in [0.4, 0.5) is 0 Å². The highest BCUT2D eigenvalue weighted by molar-refractivity contribution is 14.1. The summed E-state index contributed by atoms with van der Waals surface area (Å²) in [7, 11) is 2.09. The van der Waals surface area contributed by atoms with E-state index in [0.29, 0.717) is 13.0 Å². The van der Waals surface area contributed by atoms with Crippen LogP contribution in [0.1, 0.15) is 88.0 Å². The number of halogens is 1. The lowest BCUT2D eigenvalue weighted by Crippen LogP contribution is -2.45. The van der Waals surface area contributed by atoms with Crippen LogP contribution in [0.5, 0.6) is 0 Å². The van der Waals surface area contributed by atoms with Gasteiger partial charge in [0.1, 0.15) is 0 Å². The summed E-state index contributed by atoms with van der Waals surface area (Å²) in [5, 5.41) is 0. The molecule has 0 bridgehead atoms. The van der Waals surface area contributed by atoms with E-state index in [9.17, 15) is 9.59 Å². The van der Waals surface area contributed by atoms with Gasteiger partial charge < -0.3 is 12.7 Å². The van der Waals surface area contributed by atoms with Crippen LogP contribution < -0.4 is 0 Å². The fraction of sp³-hybridized carbons (Fsp3) is 0.920. The molecule has 0 aromatic heterocycles. The van der Waals surface area contributed by atoms with Gasteiger partial charge in [0.25, 0.3) is 0 Å². The first-order chi connectivity index (χ1) is 13.9. The minimum atomic E-state index is -0.612. The van der Waals surface area contributed by atoms with Crippen LogP contribution in [0, 0.1) is 33.5 Å². The van der Waals surface area contributed by atoms with Gasteiger partial charge in [0.05, 0.1) is 17.9 Å². The second kappa shape index (κ2) is 10.7. The molecule has 182 valence electrons. The van der Waals surface area contributed by atoms with Crippen molar-refractivity contribution in [2.45, 2.75) is 88.0 Å². The van der Waals surface area contributed by atoms with Crippen LogP contribution >= 0.6 is 23.0 Å². The van der Waals surface area contributed by atoms with Gasteiger partial charge in [-0.2, -0.15) is 0 Å². The highest BCUT2D eigenvalue weighted by atomic mass is 127. The van der Waals surface area contributed by atoms with Gasteiger partial charge in [-0.25, -0.2) is 0 Å². The molecular weight excluding hydrogens is 505 g/mol. The summed E-state index contributed by atoms with van der Waals surface area (Å²) in [6, 6.07) is 0. The summed E-state index contributed by atoms with van der Waals surface area (Å²) in [4.78, 5) is 27.5. The highest BCUT2D eigenvalue weighted by Gasteiger charge is 2.47. The van der Waals surface area contributed by atoms with Crippen molar-refractivity contribution in [3.05, 3.63) is 0 Å². The topological polar surface area (TPSA) is 55.8 Å². The number of ether oxygens (including phenoxy) is 1. The molecule has 0 aromatic carbocycles. The Balaban J connectivity index is 3.08. The second-order valence-electron chi connectivity index (χ2n) is 12.9. The summed E-state index contributed by atoms with van der Waals surface area (Å²) in [6.07, 6.45) is 3.38. The van der Waals surface area contributed by atoms with Crippen LogP contribution in [-0.4, -0.2) is 43.6 Å². The molecule has 0 aromatic rings. The molecule has 1 aliphatic heterocycles. The molecule has 1 atom stereocenters. The Kier molecular flexibility index (Phi) is 9.90. The normalized spacial score (nSPS) is 18.5. The smallest absolute Gasteiger partial charge is 0.320 e. The lowest BCUT2D eigenvalue weighted by atomic mass is 9.57. The molecule has 1 saturated heterocycles. The molecule has 6 heteroatoms. The zero-order valence-corrected chi connectivity index (χ0v) is 23.7. The Hall–Kier alpha value is -0.370. The summed E-state index contributed by atoms with van der Waals surface area (Å²) in [5.74, 6) is -0.171. The Morgan fingerprint density at radius 2 is 1.42 bits per heavy atom. The zero-order valence-electron chi connectivity index (χ0n) is 21.6. The van der Waals surface area contributed by atoms with Crippen LogP contribution in [0.2, 0.25) is 0 Å². The number of carbonyl (C=O) groups excluding carboxylic acids is 2. The van der Waals surface area contributed by atoms with Crippen molar-refractivity contribution in [1.29, 1.82) is 0 Å². The van der Waals surface area contributed by atoms with E-state index in [-0.39, 0.29) is 40.0 Å². The Morgan fingerprint density at radius 3 is 1.87 bits per heavy atom. The number of esters is 1. The average molecular weight is 552 g/mol. The van der Waals surface area contributed by atoms with E-state index in [4.69, 9.17) is 7.80 Å². The summed E-state index contributed by atoms with van der Waals surface area (Å²) >= 11 is 1.67. The third kappa shape index (κ3) is 8.82. The van der Waals surface area contributed by atoms with Crippen molar-refractivity contribution in [3.8, 4) is 0 Å². The number of piperidine rings is 1. The van der Waals surface area contributed by atoms with Gasteiger partial charge in [-0.05, 0) is 75.9 Å². The molecule has 0 radical (unpaired) electrons. The number of nitrogens with zero attached hydrogens (tertiary/aromatic N) is 1. The highest BCUT2D eigenvalue weighted by Crippen LogP contribution is 2.51. The van der Waals surface area contributed by atoms with Gasteiger partial charge in [0.2, 0.25) is 0 Å². The molecular formula is C25H46INO4. The molecule has 1 unspecified atom stereocenters. The quantitative estimate of drug-likeness (QED) is 0.249. The molecule has 1 rings (SSSR count). The molecule has 0 spiro atoms. The lowest BCUT2D eigenvalue weighted by Gasteiger charge is -2.48. The maximum atomic E-state index is 12.9. The first kappa shape index (κ1) is 28.7. The monoisotopic (exact) mass is 551 g/mol. The average Bonchev–Trinajstić information content (AvgIpc) is 2.57. The van der Waals surface area contributed by atoms with E-state index >= 15 is 0 Å². The van der Waals surface area contributed by atoms with Gasteiger partial charge in [-0.1, -0.05) is 48.5 Å². The Bertz CT molecular complexity index is 614. The SMILES string of the molecule is CN1CCC(C(=O)OCC(C(C)(C)CC(C)(C)C)C(C)(C)CC(C)(C)C(=O)OI)CC1. The minimum Gasteiger partial charge on any atom is -0.465 e. The predicted molar refractivity (Wildman–Crippen MR) is 135 cm³/mol. The molecule has 5 nitrogen and oxygen atoms in total. The predicted octanol–water partition coefficient (Wildman–Crippen LogP) is 6.29. The van der Waals surface area contributed by atoms with Crippen molar-refractivity contribution in [3.63, 3.8) is 0 Å². The van der Waals surface area contributed by atoms with Gasteiger partial charge >= 0.3 is 11.9 Å². The van der Waals surface area contributed by atoms with E-state index in [1.165, 1.54) is 0 Å². The van der Waals surface area contributed by atoms with Crippen LogP contribution in [0.25, 0.3) is 0 Å². The Labute approximate surface area is 205 Å². The fourth-order valence-electron chi connectivity index (χ4n) is 5.97. The summed E-state index contributed by atoms with van der Waals surface area (Å²) < 4.78 is 11.0. The summed E-state index contributed by atoms with van der Waals surface area (Å²) in [5.41, 5.74) is -0.763. The number of rotatable bonds is 9. The van der Waals surface area contributed by atoms with E-state index < -0.39 is 5.41 Å². The van der Waals surface area contributed by atoms with Crippen molar-refractivity contribution >= 4 is 34.9 Å². The first-order valence-electron chi connectivity index (χ1n) is 11.6. The van der Waals surface area contributed by atoms with Crippen molar-refractivity contribution < 1.29 is 17.4 Å². The molecule has 31 heavy (non-hydrogen) atoms. The molecule has 1 fully saturated rings. The number of likely N-dealkylation sites (tertiary alicyclic amines) is 1. The van der Waals surface area contributed by atoms with Crippen molar-refractivity contribution in [2.24, 2.45) is 33.5 Å². The zero-order chi connectivity index (χ0) is 24.3. The molecule has 0 amide bonds.